The monoisotopic (exact) mass is 321 g/mol. The Morgan fingerprint density at radius 3 is 2.62 bits per heavy atom. The van der Waals surface area contributed by atoms with Crippen LogP contribution in [0.3, 0.4) is 0 Å². The van der Waals surface area contributed by atoms with Crippen LogP contribution in [0.2, 0.25) is 0 Å². The number of aromatic hydroxyl groups is 2. The molecule has 0 unspecified atom stereocenters. The molecule has 0 aliphatic carbocycles. The van der Waals surface area contributed by atoms with Gasteiger partial charge in [-0.1, -0.05) is 6.07 Å². The van der Waals surface area contributed by atoms with Crippen LogP contribution >= 0.6 is 0 Å². The van der Waals surface area contributed by atoms with E-state index < -0.39 is 5.82 Å². The van der Waals surface area contributed by atoms with Crippen LogP contribution in [0.15, 0.2) is 61.1 Å². The van der Waals surface area contributed by atoms with Crippen molar-refractivity contribution in [3.05, 3.63) is 66.9 Å². The van der Waals surface area contributed by atoms with Gasteiger partial charge in [0, 0.05) is 18.6 Å². The molecule has 0 bridgehead atoms. The minimum atomic E-state index is -0.471. The standard InChI is InChI=1S/C18H12FN3O2/c19-11-4-5-15(23)12(9-11)18-21-17(13-10-20-7-6-16(13)24)14-3-1-2-8-22(14)18/h1-10,23H,(H,20,24). The van der Waals surface area contributed by atoms with E-state index in [1.807, 2.05) is 12.1 Å². The number of nitrogens with zero attached hydrogens (tertiary/aromatic N) is 3. The fourth-order valence-corrected chi connectivity index (χ4v) is 2.68. The van der Waals surface area contributed by atoms with Gasteiger partial charge in [0.05, 0.1) is 16.6 Å². The fourth-order valence-electron chi connectivity index (χ4n) is 2.68. The van der Waals surface area contributed by atoms with Crippen LogP contribution < -0.4 is 0 Å². The van der Waals surface area contributed by atoms with Gasteiger partial charge in [0.25, 0.3) is 0 Å². The number of hydrogen-bond acceptors (Lipinski definition) is 4. The third kappa shape index (κ3) is 2.16. The Balaban J connectivity index is 2.06. The molecule has 5 nitrogen and oxygen atoms in total. The Morgan fingerprint density at radius 1 is 0.958 bits per heavy atom. The first-order valence-electron chi connectivity index (χ1n) is 7.24. The molecule has 0 atom stereocenters. The zero-order valence-electron chi connectivity index (χ0n) is 12.4. The van der Waals surface area contributed by atoms with Gasteiger partial charge < -0.3 is 10.2 Å². The van der Waals surface area contributed by atoms with Crippen LogP contribution in [0, 0.1) is 5.82 Å². The number of benzene rings is 1. The molecular formula is C18H12FN3O2. The lowest BCUT2D eigenvalue weighted by Crippen LogP contribution is -1.90. The van der Waals surface area contributed by atoms with Crippen molar-refractivity contribution < 1.29 is 14.6 Å². The maximum Gasteiger partial charge on any atom is 0.149 e. The van der Waals surface area contributed by atoms with E-state index in [2.05, 4.69) is 9.97 Å². The molecule has 0 aliphatic rings. The molecule has 0 spiro atoms. The van der Waals surface area contributed by atoms with Gasteiger partial charge in [-0.2, -0.15) is 0 Å². The molecule has 0 fully saturated rings. The van der Waals surface area contributed by atoms with Crippen LogP contribution in [0.25, 0.3) is 28.2 Å². The lowest BCUT2D eigenvalue weighted by molar-refractivity contribution is 0.474. The van der Waals surface area contributed by atoms with Gasteiger partial charge in [-0.3, -0.25) is 9.38 Å². The predicted octanol–water partition coefficient (Wildman–Crippen LogP) is 3.61. The number of fused-ring (bicyclic) bond motifs is 1. The van der Waals surface area contributed by atoms with Crippen molar-refractivity contribution in [2.75, 3.05) is 0 Å². The highest BCUT2D eigenvalue weighted by atomic mass is 19.1. The molecule has 1 aromatic carbocycles. The van der Waals surface area contributed by atoms with Gasteiger partial charge in [-0.05, 0) is 36.4 Å². The molecule has 0 saturated carbocycles. The van der Waals surface area contributed by atoms with E-state index in [4.69, 9.17) is 0 Å². The number of aromatic nitrogens is 3. The van der Waals surface area contributed by atoms with Crippen molar-refractivity contribution in [3.63, 3.8) is 0 Å². The maximum absolute atomic E-state index is 13.6. The molecule has 0 amide bonds. The summed E-state index contributed by atoms with van der Waals surface area (Å²) in [4.78, 5) is 8.55. The summed E-state index contributed by atoms with van der Waals surface area (Å²) in [5.41, 5.74) is 1.94. The maximum atomic E-state index is 13.6. The summed E-state index contributed by atoms with van der Waals surface area (Å²) < 4.78 is 15.4. The molecule has 3 aromatic heterocycles. The molecule has 2 N–H and O–H groups in total. The Morgan fingerprint density at radius 2 is 1.79 bits per heavy atom. The number of hydrogen-bond donors (Lipinski definition) is 2. The van der Waals surface area contributed by atoms with Crippen molar-refractivity contribution in [1.29, 1.82) is 0 Å². The predicted molar refractivity (Wildman–Crippen MR) is 87.1 cm³/mol. The van der Waals surface area contributed by atoms with Crippen LogP contribution in [0.1, 0.15) is 0 Å². The Hall–Kier alpha value is -3.41. The van der Waals surface area contributed by atoms with Crippen molar-refractivity contribution in [2.45, 2.75) is 0 Å². The van der Waals surface area contributed by atoms with Gasteiger partial charge in [-0.25, -0.2) is 9.37 Å². The first-order valence-corrected chi connectivity index (χ1v) is 7.24. The quantitative estimate of drug-likeness (QED) is 0.591. The lowest BCUT2D eigenvalue weighted by atomic mass is 10.1. The van der Waals surface area contributed by atoms with E-state index in [1.165, 1.54) is 36.7 Å². The van der Waals surface area contributed by atoms with Crippen molar-refractivity contribution in [2.24, 2.45) is 0 Å². The molecule has 3 heterocycles. The highest BCUT2D eigenvalue weighted by molar-refractivity contribution is 5.84. The molecule has 0 aliphatic heterocycles. The third-order valence-corrected chi connectivity index (χ3v) is 3.80. The normalized spacial score (nSPS) is 11.0. The number of pyridine rings is 2. The summed E-state index contributed by atoms with van der Waals surface area (Å²) in [6.07, 6.45) is 4.76. The van der Waals surface area contributed by atoms with E-state index in [-0.39, 0.29) is 17.1 Å². The summed E-state index contributed by atoms with van der Waals surface area (Å²) in [5, 5.41) is 20.2. The molecular weight excluding hydrogens is 309 g/mol. The minimum Gasteiger partial charge on any atom is -0.507 e. The topological polar surface area (TPSA) is 70.7 Å². The largest absolute Gasteiger partial charge is 0.507 e. The molecule has 24 heavy (non-hydrogen) atoms. The van der Waals surface area contributed by atoms with E-state index in [1.54, 1.807) is 16.7 Å². The second kappa shape index (κ2) is 5.34. The Bertz CT molecular complexity index is 1060. The zero-order chi connectivity index (χ0) is 16.7. The first kappa shape index (κ1) is 14.2. The second-order valence-corrected chi connectivity index (χ2v) is 5.29. The van der Waals surface area contributed by atoms with Gasteiger partial charge in [-0.15, -0.1) is 0 Å². The van der Waals surface area contributed by atoms with Gasteiger partial charge in [0.1, 0.15) is 28.8 Å². The number of phenols is 1. The molecule has 0 saturated heterocycles. The highest BCUT2D eigenvalue weighted by Gasteiger charge is 2.18. The number of phenolic OH excluding ortho intramolecular Hbond substituents is 1. The molecule has 118 valence electrons. The van der Waals surface area contributed by atoms with Crippen molar-refractivity contribution in [1.82, 2.24) is 14.4 Å². The van der Waals surface area contributed by atoms with Gasteiger partial charge >= 0.3 is 0 Å². The van der Waals surface area contributed by atoms with Crippen molar-refractivity contribution >= 4 is 5.52 Å². The fraction of sp³-hybridized carbons (Fsp3) is 0. The van der Waals surface area contributed by atoms with E-state index in [9.17, 15) is 14.6 Å². The summed E-state index contributed by atoms with van der Waals surface area (Å²) >= 11 is 0. The van der Waals surface area contributed by atoms with Crippen LogP contribution in [-0.2, 0) is 0 Å². The smallest absolute Gasteiger partial charge is 0.149 e. The van der Waals surface area contributed by atoms with Crippen LogP contribution in [0.4, 0.5) is 4.39 Å². The second-order valence-electron chi connectivity index (χ2n) is 5.29. The summed E-state index contributed by atoms with van der Waals surface area (Å²) in [6.45, 7) is 0. The average Bonchev–Trinajstić information content (AvgIpc) is 2.97. The van der Waals surface area contributed by atoms with Gasteiger partial charge in [0.15, 0.2) is 0 Å². The minimum absolute atomic E-state index is 0.0452. The summed E-state index contributed by atoms with van der Waals surface area (Å²) in [6, 6.07) is 10.6. The average molecular weight is 321 g/mol. The van der Waals surface area contributed by atoms with E-state index >= 15 is 0 Å². The van der Waals surface area contributed by atoms with E-state index in [0.717, 1.165) is 0 Å². The van der Waals surface area contributed by atoms with Gasteiger partial charge in [0.2, 0.25) is 0 Å². The summed E-state index contributed by atoms with van der Waals surface area (Å²) in [7, 11) is 0. The van der Waals surface area contributed by atoms with Crippen LogP contribution in [-0.4, -0.2) is 24.6 Å². The molecule has 4 rings (SSSR count). The number of imidazole rings is 1. The molecule has 0 radical (unpaired) electrons. The zero-order valence-corrected chi connectivity index (χ0v) is 12.4. The number of halogens is 1. The summed E-state index contributed by atoms with van der Waals surface area (Å²) in [5.74, 6) is -0.125. The van der Waals surface area contributed by atoms with Crippen LogP contribution in [0.5, 0.6) is 11.5 Å². The molecule has 4 aromatic rings. The number of rotatable bonds is 2. The first-order chi connectivity index (χ1) is 11.6. The Labute approximate surface area is 136 Å². The van der Waals surface area contributed by atoms with Crippen molar-refractivity contribution in [3.8, 4) is 34.1 Å². The highest BCUT2D eigenvalue weighted by Crippen LogP contribution is 2.36. The SMILES string of the molecule is Oc1ccncc1-c1nc(-c2cc(F)ccc2O)n2ccccc12. The third-order valence-electron chi connectivity index (χ3n) is 3.80. The van der Waals surface area contributed by atoms with E-state index in [0.29, 0.717) is 22.6 Å². The lowest BCUT2D eigenvalue weighted by Gasteiger charge is -2.03. The molecule has 6 heteroatoms. The Kier molecular flexibility index (Phi) is 3.16.